The third-order valence-corrected chi connectivity index (χ3v) is 1.93. The first-order valence-corrected chi connectivity index (χ1v) is 4.32. The second kappa shape index (κ2) is 6.78. The molecule has 0 fully saturated rings. The molecule has 0 saturated carbocycles. The van der Waals surface area contributed by atoms with E-state index in [1.54, 1.807) is 0 Å². The molecule has 0 aliphatic carbocycles. The van der Waals surface area contributed by atoms with E-state index in [0.717, 1.165) is 25.4 Å². The van der Waals surface area contributed by atoms with Gasteiger partial charge >= 0.3 is 0 Å². The molecule has 1 unspecified atom stereocenters. The van der Waals surface area contributed by atoms with E-state index in [0.29, 0.717) is 5.25 Å². The Morgan fingerprint density at radius 2 is 2.22 bits per heavy atom. The average Bonchev–Trinajstić information content (AvgIpc) is 1.89. The number of hydrogen-bond acceptors (Lipinski definition) is 3. The molecule has 0 aromatic heterocycles. The van der Waals surface area contributed by atoms with Crippen LogP contribution in [0.3, 0.4) is 0 Å². The highest BCUT2D eigenvalue weighted by Crippen LogP contribution is 1.97. The molecular formula is C6H14OS2. The lowest BCUT2D eigenvalue weighted by Gasteiger charge is -2.06. The molecule has 0 aliphatic rings. The van der Waals surface area contributed by atoms with Gasteiger partial charge in [-0.1, -0.05) is 6.92 Å². The van der Waals surface area contributed by atoms with Gasteiger partial charge in [0.15, 0.2) is 0 Å². The Labute approximate surface area is 68.0 Å². The average molecular weight is 166 g/mol. The van der Waals surface area contributed by atoms with Gasteiger partial charge in [0, 0.05) is 17.6 Å². The minimum Gasteiger partial charge on any atom is -0.380 e. The molecule has 0 aromatic carbocycles. The van der Waals surface area contributed by atoms with Crippen LogP contribution >= 0.6 is 25.3 Å². The van der Waals surface area contributed by atoms with E-state index >= 15 is 0 Å². The van der Waals surface area contributed by atoms with Crippen molar-refractivity contribution in [3.05, 3.63) is 0 Å². The number of rotatable bonds is 5. The fourth-order valence-electron chi connectivity index (χ4n) is 0.416. The highest BCUT2D eigenvalue weighted by molar-refractivity contribution is 7.84. The molecule has 0 rings (SSSR count). The van der Waals surface area contributed by atoms with Gasteiger partial charge in [-0.25, -0.2) is 0 Å². The van der Waals surface area contributed by atoms with Crippen LogP contribution in [0.15, 0.2) is 0 Å². The van der Waals surface area contributed by atoms with E-state index in [2.05, 4.69) is 32.2 Å². The van der Waals surface area contributed by atoms with Crippen molar-refractivity contribution in [2.75, 3.05) is 19.0 Å². The molecule has 0 N–H and O–H groups in total. The predicted octanol–water partition coefficient (Wildman–Crippen LogP) is 1.64. The van der Waals surface area contributed by atoms with Gasteiger partial charge in [-0.15, -0.1) is 0 Å². The topological polar surface area (TPSA) is 9.23 Å². The molecular weight excluding hydrogens is 152 g/mol. The first-order chi connectivity index (χ1) is 4.31. The molecule has 0 heterocycles. The largest absolute Gasteiger partial charge is 0.380 e. The van der Waals surface area contributed by atoms with E-state index in [4.69, 9.17) is 4.74 Å². The van der Waals surface area contributed by atoms with Crippen molar-refractivity contribution in [1.29, 1.82) is 0 Å². The fourth-order valence-corrected chi connectivity index (χ4v) is 0.627. The smallest absolute Gasteiger partial charge is 0.0590 e. The lowest BCUT2D eigenvalue weighted by molar-refractivity contribution is 0.139. The molecule has 0 saturated heterocycles. The zero-order chi connectivity index (χ0) is 7.11. The monoisotopic (exact) mass is 166 g/mol. The van der Waals surface area contributed by atoms with Crippen molar-refractivity contribution < 1.29 is 4.74 Å². The van der Waals surface area contributed by atoms with Crippen molar-refractivity contribution in [2.24, 2.45) is 0 Å². The Hall–Kier alpha value is 0.660. The lowest BCUT2D eigenvalue weighted by Crippen LogP contribution is -2.10. The normalized spacial score (nSPS) is 13.7. The van der Waals surface area contributed by atoms with Gasteiger partial charge in [0.05, 0.1) is 6.61 Å². The van der Waals surface area contributed by atoms with Crippen molar-refractivity contribution in [1.82, 2.24) is 0 Å². The van der Waals surface area contributed by atoms with Crippen LogP contribution in [-0.4, -0.2) is 24.2 Å². The van der Waals surface area contributed by atoms with Gasteiger partial charge in [0.1, 0.15) is 0 Å². The third kappa shape index (κ3) is 6.55. The van der Waals surface area contributed by atoms with E-state index in [9.17, 15) is 0 Å². The third-order valence-electron chi connectivity index (χ3n) is 0.869. The van der Waals surface area contributed by atoms with Gasteiger partial charge in [0.2, 0.25) is 0 Å². The van der Waals surface area contributed by atoms with Crippen molar-refractivity contribution in [2.45, 2.75) is 18.6 Å². The van der Waals surface area contributed by atoms with Crippen LogP contribution in [0, 0.1) is 0 Å². The Morgan fingerprint density at radius 1 is 1.56 bits per heavy atom. The van der Waals surface area contributed by atoms with Crippen LogP contribution in [0.1, 0.15) is 13.3 Å². The first-order valence-electron chi connectivity index (χ1n) is 3.18. The maximum atomic E-state index is 5.21. The summed E-state index contributed by atoms with van der Waals surface area (Å²) in [4.78, 5) is 0. The summed E-state index contributed by atoms with van der Waals surface area (Å²) in [5, 5.41) is 0.292. The molecule has 0 spiro atoms. The van der Waals surface area contributed by atoms with E-state index in [-0.39, 0.29) is 0 Å². The standard InChI is InChI=1S/C6H14OS2/c1-2-3-7-4-6(9)5-8/h6,8-9H,2-5H2,1H3. The minimum atomic E-state index is 0.292. The molecule has 56 valence electrons. The summed E-state index contributed by atoms with van der Waals surface area (Å²) in [6.45, 7) is 3.65. The van der Waals surface area contributed by atoms with Gasteiger partial charge in [-0.2, -0.15) is 25.3 Å². The quantitative estimate of drug-likeness (QED) is 0.466. The SMILES string of the molecule is CCCOCC(S)CS. The van der Waals surface area contributed by atoms with Gasteiger partial charge in [0.25, 0.3) is 0 Å². The summed E-state index contributed by atoms with van der Waals surface area (Å²) < 4.78 is 5.21. The van der Waals surface area contributed by atoms with Crippen molar-refractivity contribution in [3.63, 3.8) is 0 Å². The molecule has 1 nitrogen and oxygen atoms in total. The molecule has 3 heteroatoms. The summed E-state index contributed by atoms with van der Waals surface area (Å²) in [6.07, 6.45) is 1.08. The molecule has 0 aliphatic heterocycles. The molecule has 0 amide bonds. The fraction of sp³-hybridized carbons (Fsp3) is 1.00. The Balaban J connectivity index is 2.88. The second-order valence-electron chi connectivity index (χ2n) is 1.91. The van der Waals surface area contributed by atoms with Crippen LogP contribution < -0.4 is 0 Å². The number of ether oxygens (including phenoxy) is 1. The summed E-state index contributed by atoms with van der Waals surface area (Å²) in [5.41, 5.74) is 0. The summed E-state index contributed by atoms with van der Waals surface area (Å²) in [6, 6.07) is 0. The summed E-state index contributed by atoms with van der Waals surface area (Å²) in [7, 11) is 0. The Bertz CT molecular complexity index is 59.0. The highest BCUT2D eigenvalue weighted by Gasteiger charge is 1.97. The lowest BCUT2D eigenvalue weighted by atomic mass is 10.5. The van der Waals surface area contributed by atoms with Crippen LogP contribution in [0.4, 0.5) is 0 Å². The van der Waals surface area contributed by atoms with Crippen molar-refractivity contribution >= 4 is 25.3 Å². The van der Waals surface area contributed by atoms with Crippen LogP contribution in [-0.2, 0) is 4.74 Å². The zero-order valence-corrected chi connectivity index (χ0v) is 7.50. The first kappa shape index (κ1) is 9.66. The maximum absolute atomic E-state index is 5.21. The van der Waals surface area contributed by atoms with E-state index in [1.807, 2.05) is 0 Å². The van der Waals surface area contributed by atoms with Crippen LogP contribution in [0.25, 0.3) is 0 Å². The number of hydrogen-bond donors (Lipinski definition) is 2. The Kier molecular flexibility index (Phi) is 7.27. The predicted molar refractivity (Wildman–Crippen MR) is 47.7 cm³/mol. The van der Waals surface area contributed by atoms with E-state index in [1.165, 1.54) is 0 Å². The molecule has 0 radical (unpaired) electrons. The summed E-state index contributed by atoms with van der Waals surface area (Å²) in [5.74, 6) is 0.785. The summed E-state index contributed by atoms with van der Waals surface area (Å²) >= 11 is 8.26. The van der Waals surface area contributed by atoms with E-state index < -0.39 is 0 Å². The van der Waals surface area contributed by atoms with Gasteiger partial charge in [-0.3, -0.25) is 0 Å². The second-order valence-corrected chi connectivity index (χ2v) is 3.01. The van der Waals surface area contributed by atoms with Crippen LogP contribution in [0.5, 0.6) is 0 Å². The Morgan fingerprint density at radius 3 is 2.67 bits per heavy atom. The minimum absolute atomic E-state index is 0.292. The highest BCUT2D eigenvalue weighted by atomic mass is 32.1. The molecule has 0 bridgehead atoms. The number of thiol groups is 2. The van der Waals surface area contributed by atoms with Gasteiger partial charge in [-0.05, 0) is 6.42 Å². The maximum Gasteiger partial charge on any atom is 0.0590 e. The van der Waals surface area contributed by atoms with Crippen molar-refractivity contribution in [3.8, 4) is 0 Å². The van der Waals surface area contributed by atoms with Gasteiger partial charge < -0.3 is 4.74 Å². The molecule has 1 atom stereocenters. The molecule has 9 heavy (non-hydrogen) atoms. The molecule has 0 aromatic rings. The van der Waals surface area contributed by atoms with Crippen LogP contribution in [0.2, 0.25) is 0 Å². The zero-order valence-electron chi connectivity index (χ0n) is 5.71.